The molecule has 2 aromatic carbocycles. The SMILES string of the molecule is CC(C)(NC(=O)c1cc2c(NC(=O)c3ccc(CN4CCNCC4)cc3)n[nH]c2s1)c1ccccc1. The highest BCUT2D eigenvalue weighted by molar-refractivity contribution is 7.20. The number of amides is 2. The van der Waals surface area contributed by atoms with E-state index in [1.54, 1.807) is 6.07 Å². The third kappa shape index (κ3) is 5.33. The number of anilines is 1. The molecule has 0 aliphatic carbocycles. The molecule has 1 saturated heterocycles. The number of fused-ring (bicyclic) bond motifs is 1. The number of benzene rings is 2. The Morgan fingerprint density at radius 2 is 1.75 bits per heavy atom. The van der Waals surface area contributed by atoms with Crippen LogP contribution in [0.3, 0.4) is 0 Å². The first-order valence-corrected chi connectivity index (χ1v) is 12.9. The van der Waals surface area contributed by atoms with Gasteiger partial charge < -0.3 is 16.0 Å². The van der Waals surface area contributed by atoms with E-state index in [1.165, 1.54) is 16.9 Å². The Kier molecular flexibility index (Phi) is 6.86. The van der Waals surface area contributed by atoms with Gasteiger partial charge >= 0.3 is 0 Å². The summed E-state index contributed by atoms with van der Waals surface area (Å²) in [4.78, 5) is 29.6. The zero-order valence-corrected chi connectivity index (χ0v) is 21.2. The minimum Gasteiger partial charge on any atom is -0.342 e. The lowest BCUT2D eigenvalue weighted by molar-refractivity contribution is 0.0915. The Bertz CT molecular complexity index is 1350. The monoisotopic (exact) mass is 502 g/mol. The lowest BCUT2D eigenvalue weighted by atomic mass is 9.94. The molecule has 0 saturated carbocycles. The van der Waals surface area contributed by atoms with E-state index in [-0.39, 0.29) is 11.8 Å². The number of aromatic amines is 1. The average Bonchev–Trinajstić information content (AvgIpc) is 3.47. The van der Waals surface area contributed by atoms with Crippen molar-refractivity contribution in [3.63, 3.8) is 0 Å². The van der Waals surface area contributed by atoms with E-state index in [0.717, 1.165) is 43.1 Å². The highest BCUT2D eigenvalue weighted by atomic mass is 32.1. The topological polar surface area (TPSA) is 102 Å². The fourth-order valence-corrected chi connectivity index (χ4v) is 5.26. The molecule has 4 N–H and O–H groups in total. The van der Waals surface area contributed by atoms with E-state index in [0.29, 0.717) is 21.6 Å². The van der Waals surface area contributed by atoms with Gasteiger partial charge in [0, 0.05) is 38.3 Å². The summed E-state index contributed by atoms with van der Waals surface area (Å²) in [5.74, 6) is 0.00727. The van der Waals surface area contributed by atoms with Crippen molar-refractivity contribution in [2.24, 2.45) is 0 Å². The van der Waals surface area contributed by atoms with Crippen LogP contribution in [-0.4, -0.2) is 53.1 Å². The van der Waals surface area contributed by atoms with Crippen LogP contribution in [0.4, 0.5) is 5.82 Å². The van der Waals surface area contributed by atoms with Crippen molar-refractivity contribution in [1.29, 1.82) is 0 Å². The number of nitrogens with zero attached hydrogens (tertiary/aromatic N) is 2. The number of rotatable bonds is 7. The second kappa shape index (κ2) is 10.2. The van der Waals surface area contributed by atoms with Crippen molar-refractivity contribution in [3.05, 3.63) is 82.2 Å². The van der Waals surface area contributed by atoms with Gasteiger partial charge in [-0.2, -0.15) is 5.10 Å². The summed E-state index contributed by atoms with van der Waals surface area (Å²) in [6, 6.07) is 19.3. The summed E-state index contributed by atoms with van der Waals surface area (Å²) in [5, 5.41) is 17.2. The highest BCUT2D eigenvalue weighted by Crippen LogP contribution is 2.30. The molecule has 4 aromatic rings. The largest absolute Gasteiger partial charge is 0.342 e. The minimum atomic E-state index is -0.525. The molecule has 2 aromatic heterocycles. The van der Waals surface area contributed by atoms with E-state index in [2.05, 4.69) is 31.0 Å². The zero-order chi connectivity index (χ0) is 25.1. The van der Waals surface area contributed by atoms with Crippen LogP contribution < -0.4 is 16.0 Å². The lowest BCUT2D eigenvalue weighted by Gasteiger charge is -2.27. The van der Waals surface area contributed by atoms with Crippen LogP contribution >= 0.6 is 11.3 Å². The second-order valence-electron chi connectivity index (χ2n) is 9.55. The third-order valence-electron chi connectivity index (χ3n) is 6.47. The van der Waals surface area contributed by atoms with Gasteiger partial charge in [-0.1, -0.05) is 42.5 Å². The fourth-order valence-electron chi connectivity index (χ4n) is 4.37. The number of thiophene rings is 1. The molecule has 36 heavy (non-hydrogen) atoms. The fraction of sp³-hybridized carbons (Fsp3) is 0.296. The van der Waals surface area contributed by atoms with Gasteiger partial charge in [0.25, 0.3) is 11.8 Å². The number of H-pyrrole nitrogens is 1. The Balaban J connectivity index is 1.25. The number of hydrogen-bond donors (Lipinski definition) is 4. The molecule has 0 atom stereocenters. The van der Waals surface area contributed by atoms with E-state index >= 15 is 0 Å². The molecule has 1 aliphatic heterocycles. The van der Waals surface area contributed by atoms with Crippen molar-refractivity contribution in [3.8, 4) is 0 Å². The number of aromatic nitrogens is 2. The molecular formula is C27H30N6O2S. The van der Waals surface area contributed by atoms with Gasteiger partial charge in [0.1, 0.15) is 4.83 Å². The average molecular weight is 503 g/mol. The maximum atomic E-state index is 13.0. The Labute approximate surface area is 214 Å². The van der Waals surface area contributed by atoms with Gasteiger partial charge in [-0.3, -0.25) is 19.6 Å². The predicted molar refractivity (Wildman–Crippen MR) is 143 cm³/mol. The van der Waals surface area contributed by atoms with Crippen LogP contribution in [-0.2, 0) is 12.1 Å². The minimum absolute atomic E-state index is 0.171. The van der Waals surface area contributed by atoms with E-state index in [9.17, 15) is 9.59 Å². The van der Waals surface area contributed by atoms with Crippen LogP contribution in [0.1, 0.15) is 45.0 Å². The highest BCUT2D eigenvalue weighted by Gasteiger charge is 2.25. The predicted octanol–water partition coefficient (Wildman–Crippen LogP) is 3.95. The van der Waals surface area contributed by atoms with Gasteiger partial charge in [0.15, 0.2) is 5.82 Å². The standard InChI is InChI=1S/C27H30N6O2S/c1-27(2,20-6-4-3-5-7-20)30-25(35)22-16-21-23(31-32-26(21)36-22)29-24(34)19-10-8-18(9-11-19)17-33-14-12-28-13-15-33/h3-11,16,28H,12-15,17H2,1-2H3,(H,30,35)(H2,29,31,32,34). The summed E-state index contributed by atoms with van der Waals surface area (Å²) in [6.07, 6.45) is 0. The van der Waals surface area contributed by atoms with Crippen molar-refractivity contribution in [1.82, 2.24) is 25.7 Å². The third-order valence-corrected chi connectivity index (χ3v) is 7.50. The number of nitrogens with one attached hydrogen (secondary N) is 4. The molecule has 5 rings (SSSR count). The van der Waals surface area contributed by atoms with E-state index in [1.807, 2.05) is 68.4 Å². The number of piperazine rings is 1. The van der Waals surface area contributed by atoms with Crippen molar-refractivity contribution in [2.75, 3.05) is 31.5 Å². The summed E-state index contributed by atoms with van der Waals surface area (Å²) in [6.45, 7) is 8.91. The second-order valence-corrected chi connectivity index (χ2v) is 10.6. The molecule has 3 heterocycles. The van der Waals surface area contributed by atoms with Crippen LogP contribution in [0.25, 0.3) is 10.2 Å². The number of carbonyl (C=O) groups is 2. The first-order chi connectivity index (χ1) is 17.4. The molecule has 0 radical (unpaired) electrons. The van der Waals surface area contributed by atoms with Gasteiger partial charge in [-0.05, 0) is 43.2 Å². The van der Waals surface area contributed by atoms with Crippen molar-refractivity contribution in [2.45, 2.75) is 25.9 Å². The lowest BCUT2D eigenvalue weighted by Crippen LogP contribution is -2.42. The van der Waals surface area contributed by atoms with Crippen molar-refractivity contribution >= 4 is 39.2 Å². The molecule has 0 unspecified atom stereocenters. The van der Waals surface area contributed by atoms with Crippen LogP contribution in [0, 0.1) is 0 Å². The van der Waals surface area contributed by atoms with Gasteiger partial charge in [-0.25, -0.2) is 0 Å². The first kappa shape index (κ1) is 24.2. The number of carbonyl (C=O) groups excluding carboxylic acids is 2. The van der Waals surface area contributed by atoms with Crippen molar-refractivity contribution < 1.29 is 9.59 Å². The van der Waals surface area contributed by atoms with Gasteiger partial charge in [0.2, 0.25) is 0 Å². The molecule has 0 spiro atoms. The Morgan fingerprint density at radius 1 is 1.03 bits per heavy atom. The molecular weight excluding hydrogens is 472 g/mol. The van der Waals surface area contributed by atoms with Crippen LogP contribution in [0.2, 0.25) is 0 Å². The van der Waals surface area contributed by atoms with Crippen LogP contribution in [0.5, 0.6) is 0 Å². The molecule has 9 heteroatoms. The molecule has 8 nitrogen and oxygen atoms in total. The molecule has 186 valence electrons. The van der Waals surface area contributed by atoms with Gasteiger partial charge in [0.05, 0.1) is 15.8 Å². The van der Waals surface area contributed by atoms with E-state index in [4.69, 9.17) is 0 Å². The quantitative estimate of drug-likeness (QED) is 0.307. The maximum absolute atomic E-state index is 13.0. The molecule has 0 bridgehead atoms. The molecule has 1 aliphatic rings. The zero-order valence-electron chi connectivity index (χ0n) is 20.4. The Morgan fingerprint density at radius 3 is 2.47 bits per heavy atom. The number of hydrogen-bond acceptors (Lipinski definition) is 6. The van der Waals surface area contributed by atoms with Gasteiger partial charge in [-0.15, -0.1) is 11.3 Å². The summed E-state index contributed by atoms with van der Waals surface area (Å²) < 4.78 is 0. The maximum Gasteiger partial charge on any atom is 0.262 e. The first-order valence-electron chi connectivity index (χ1n) is 12.1. The van der Waals surface area contributed by atoms with E-state index < -0.39 is 5.54 Å². The summed E-state index contributed by atoms with van der Waals surface area (Å²) in [7, 11) is 0. The summed E-state index contributed by atoms with van der Waals surface area (Å²) >= 11 is 1.31. The normalized spacial score (nSPS) is 14.6. The smallest absolute Gasteiger partial charge is 0.262 e. The van der Waals surface area contributed by atoms with Crippen LogP contribution in [0.15, 0.2) is 60.7 Å². The Hall–Kier alpha value is -3.53. The molecule has 1 fully saturated rings. The summed E-state index contributed by atoms with van der Waals surface area (Å²) in [5.41, 5.74) is 2.24. The molecule has 2 amide bonds.